The Balaban J connectivity index is 2.11. The standard InChI is InChI=1S/C13H18N4O4/c1-8(10-4-5-21-7-10)15-13(18)9-2-3-11(16-14)12(6-9)17(19)20/h2-3,6,8,10,16H,4-5,7,14H2,1H3,(H,15,18). The first-order chi connectivity index (χ1) is 10.0. The molecule has 1 heterocycles. The van der Waals surface area contributed by atoms with E-state index in [9.17, 15) is 14.9 Å². The summed E-state index contributed by atoms with van der Waals surface area (Å²) in [5.74, 6) is 5.14. The second kappa shape index (κ2) is 6.51. The number of carbonyl (C=O) groups is 1. The van der Waals surface area contributed by atoms with Crippen LogP contribution in [0.25, 0.3) is 0 Å². The molecule has 0 aromatic heterocycles. The van der Waals surface area contributed by atoms with Gasteiger partial charge in [-0.25, -0.2) is 0 Å². The van der Waals surface area contributed by atoms with E-state index in [1.807, 2.05) is 6.92 Å². The molecule has 1 aromatic rings. The SMILES string of the molecule is CC(NC(=O)c1ccc(NN)c([N+](=O)[O-])c1)C1CCOC1. The second-order valence-corrected chi connectivity index (χ2v) is 5.02. The molecular formula is C13H18N4O4. The van der Waals surface area contributed by atoms with Gasteiger partial charge in [0.05, 0.1) is 11.5 Å². The Morgan fingerprint density at radius 2 is 2.33 bits per heavy atom. The van der Waals surface area contributed by atoms with Gasteiger partial charge in [0.15, 0.2) is 0 Å². The minimum absolute atomic E-state index is 0.0497. The number of hydrogen-bond donors (Lipinski definition) is 3. The van der Waals surface area contributed by atoms with Gasteiger partial charge in [-0.2, -0.15) is 0 Å². The summed E-state index contributed by atoms with van der Waals surface area (Å²) in [6.07, 6.45) is 0.900. The van der Waals surface area contributed by atoms with Crippen molar-refractivity contribution in [1.29, 1.82) is 0 Å². The van der Waals surface area contributed by atoms with Gasteiger partial charge in [-0.1, -0.05) is 0 Å². The van der Waals surface area contributed by atoms with Gasteiger partial charge in [0.2, 0.25) is 0 Å². The van der Waals surface area contributed by atoms with Crippen LogP contribution in [0.5, 0.6) is 0 Å². The lowest BCUT2D eigenvalue weighted by Gasteiger charge is -2.19. The topological polar surface area (TPSA) is 120 Å². The Morgan fingerprint density at radius 3 is 2.90 bits per heavy atom. The maximum atomic E-state index is 12.2. The fraction of sp³-hybridized carbons (Fsp3) is 0.462. The Hall–Kier alpha value is -2.19. The van der Waals surface area contributed by atoms with Crippen molar-refractivity contribution in [1.82, 2.24) is 5.32 Å². The summed E-state index contributed by atoms with van der Waals surface area (Å²) in [5, 5.41) is 13.8. The monoisotopic (exact) mass is 294 g/mol. The number of hydrazine groups is 1. The molecule has 1 aliphatic heterocycles. The number of carbonyl (C=O) groups excluding carboxylic acids is 1. The predicted molar refractivity (Wildman–Crippen MR) is 76.8 cm³/mol. The van der Waals surface area contributed by atoms with Crippen LogP contribution in [-0.2, 0) is 4.74 Å². The fourth-order valence-corrected chi connectivity index (χ4v) is 2.30. The molecular weight excluding hydrogens is 276 g/mol. The molecule has 21 heavy (non-hydrogen) atoms. The number of nitro groups is 1. The molecule has 1 saturated heterocycles. The van der Waals surface area contributed by atoms with Gasteiger partial charge >= 0.3 is 0 Å². The largest absolute Gasteiger partial charge is 0.381 e. The third kappa shape index (κ3) is 3.47. The Morgan fingerprint density at radius 1 is 1.57 bits per heavy atom. The zero-order chi connectivity index (χ0) is 15.4. The number of amides is 1. The Kier molecular flexibility index (Phi) is 4.71. The van der Waals surface area contributed by atoms with Crippen molar-refractivity contribution in [3.05, 3.63) is 33.9 Å². The van der Waals surface area contributed by atoms with E-state index < -0.39 is 4.92 Å². The van der Waals surface area contributed by atoms with Crippen molar-refractivity contribution in [2.75, 3.05) is 18.6 Å². The molecule has 1 amide bonds. The summed E-state index contributed by atoms with van der Waals surface area (Å²) in [6, 6.07) is 4.07. The van der Waals surface area contributed by atoms with Crippen LogP contribution in [0.1, 0.15) is 23.7 Å². The summed E-state index contributed by atoms with van der Waals surface area (Å²) < 4.78 is 5.28. The van der Waals surface area contributed by atoms with Gasteiger partial charge in [-0.3, -0.25) is 20.8 Å². The minimum Gasteiger partial charge on any atom is -0.381 e. The van der Waals surface area contributed by atoms with Gasteiger partial charge in [-0.05, 0) is 25.5 Å². The number of hydrogen-bond acceptors (Lipinski definition) is 6. The highest BCUT2D eigenvalue weighted by Gasteiger charge is 2.24. The van der Waals surface area contributed by atoms with E-state index in [-0.39, 0.29) is 34.8 Å². The molecule has 0 spiro atoms. The molecule has 0 bridgehead atoms. The minimum atomic E-state index is -0.583. The maximum absolute atomic E-state index is 12.2. The summed E-state index contributed by atoms with van der Waals surface area (Å²) in [4.78, 5) is 22.5. The summed E-state index contributed by atoms with van der Waals surface area (Å²) >= 11 is 0. The van der Waals surface area contributed by atoms with E-state index in [2.05, 4.69) is 10.7 Å². The van der Waals surface area contributed by atoms with Crippen molar-refractivity contribution >= 4 is 17.3 Å². The number of benzene rings is 1. The molecule has 0 saturated carbocycles. The highest BCUT2D eigenvalue weighted by molar-refractivity contribution is 5.95. The molecule has 2 rings (SSSR count). The van der Waals surface area contributed by atoms with E-state index >= 15 is 0 Å². The summed E-state index contributed by atoms with van der Waals surface area (Å²) in [7, 11) is 0. The summed E-state index contributed by atoms with van der Waals surface area (Å²) in [6.45, 7) is 3.23. The Labute approximate surface area is 121 Å². The molecule has 8 nitrogen and oxygen atoms in total. The molecule has 4 N–H and O–H groups in total. The quantitative estimate of drug-likeness (QED) is 0.424. The normalized spacial score (nSPS) is 19.0. The van der Waals surface area contributed by atoms with E-state index in [4.69, 9.17) is 10.6 Å². The molecule has 2 atom stereocenters. The molecule has 1 aromatic carbocycles. The zero-order valence-corrected chi connectivity index (χ0v) is 11.7. The molecule has 8 heteroatoms. The van der Waals surface area contributed by atoms with Crippen LogP contribution in [0.2, 0.25) is 0 Å². The van der Waals surface area contributed by atoms with Crippen LogP contribution in [0.4, 0.5) is 11.4 Å². The van der Waals surface area contributed by atoms with E-state index in [0.29, 0.717) is 13.2 Å². The number of nitrogens with one attached hydrogen (secondary N) is 2. The second-order valence-electron chi connectivity index (χ2n) is 5.02. The van der Waals surface area contributed by atoms with Crippen LogP contribution < -0.4 is 16.6 Å². The lowest BCUT2D eigenvalue weighted by molar-refractivity contribution is -0.384. The van der Waals surface area contributed by atoms with Crippen LogP contribution in [0, 0.1) is 16.0 Å². The smallest absolute Gasteiger partial charge is 0.294 e. The van der Waals surface area contributed by atoms with E-state index in [1.54, 1.807) is 0 Å². The van der Waals surface area contributed by atoms with Crippen molar-refractivity contribution in [3.8, 4) is 0 Å². The number of nitro benzene ring substituents is 1. The van der Waals surface area contributed by atoms with Gasteiger partial charge < -0.3 is 15.5 Å². The number of rotatable bonds is 5. The number of nitrogens with zero attached hydrogens (tertiary/aromatic N) is 1. The third-order valence-electron chi connectivity index (χ3n) is 3.64. The number of ether oxygens (including phenoxy) is 1. The van der Waals surface area contributed by atoms with Crippen molar-refractivity contribution in [2.24, 2.45) is 11.8 Å². The van der Waals surface area contributed by atoms with Crippen molar-refractivity contribution in [3.63, 3.8) is 0 Å². The first-order valence-electron chi connectivity index (χ1n) is 6.66. The van der Waals surface area contributed by atoms with Gasteiger partial charge in [0.1, 0.15) is 5.69 Å². The highest BCUT2D eigenvalue weighted by Crippen LogP contribution is 2.25. The number of anilines is 1. The molecule has 114 valence electrons. The van der Waals surface area contributed by atoms with E-state index in [0.717, 1.165) is 6.42 Å². The molecule has 1 aliphatic rings. The Bertz CT molecular complexity index is 543. The van der Waals surface area contributed by atoms with Gasteiger partial charge in [0, 0.05) is 30.2 Å². The molecule has 0 radical (unpaired) electrons. The van der Waals surface area contributed by atoms with Gasteiger partial charge in [0.25, 0.3) is 11.6 Å². The highest BCUT2D eigenvalue weighted by atomic mass is 16.6. The maximum Gasteiger partial charge on any atom is 0.294 e. The average Bonchev–Trinajstić information content (AvgIpc) is 3.00. The van der Waals surface area contributed by atoms with Crippen LogP contribution >= 0.6 is 0 Å². The third-order valence-corrected chi connectivity index (χ3v) is 3.64. The van der Waals surface area contributed by atoms with Crippen LogP contribution in [0.3, 0.4) is 0 Å². The number of nitrogens with two attached hydrogens (primary N) is 1. The number of nitrogen functional groups attached to an aromatic ring is 1. The fourth-order valence-electron chi connectivity index (χ4n) is 2.30. The first-order valence-corrected chi connectivity index (χ1v) is 6.66. The predicted octanol–water partition coefficient (Wildman–Crippen LogP) is 1.04. The molecule has 2 unspecified atom stereocenters. The van der Waals surface area contributed by atoms with Crippen LogP contribution in [0.15, 0.2) is 18.2 Å². The lowest BCUT2D eigenvalue weighted by atomic mass is 10.0. The molecule has 0 aliphatic carbocycles. The van der Waals surface area contributed by atoms with Crippen molar-refractivity contribution in [2.45, 2.75) is 19.4 Å². The summed E-state index contributed by atoms with van der Waals surface area (Å²) in [5.41, 5.74) is 2.39. The lowest BCUT2D eigenvalue weighted by Crippen LogP contribution is -2.38. The van der Waals surface area contributed by atoms with Crippen LogP contribution in [-0.4, -0.2) is 30.1 Å². The van der Waals surface area contributed by atoms with Gasteiger partial charge in [-0.15, -0.1) is 0 Å². The first kappa shape index (κ1) is 15.2. The van der Waals surface area contributed by atoms with Crippen molar-refractivity contribution < 1.29 is 14.5 Å². The average molecular weight is 294 g/mol. The van der Waals surface area contributed by atoms with E-state index in [1.165, 1.54) is 18.2 Å². The molecule has 1 fully saturated rings. The zero-order valence-electron chi connectivity index (χ0n) is 11.7.